The molecule has 1 unspecified atom stereocenters. The quantitative estimate of drug-likeness (QED) is 0.451. The number of methoxy groups -OCH3 is 1. The second-order valence-electron chi connectivity index (χ2n) is 4.84. The van der Waals surface area contributed by atoms with Gasteiger partial charge in [0.05, 0.1) is 13.2 Å². The number of aliphatic hydroxyl groups excluding tert-OH is 1. The molecule has 8 heteroatoms. The second-order valence-corrected chi connectivity index (χ2v) is 4.84. The van der Waals surface area contributed by atoms with Crippen molar-refractivity contribution in [2.75, 3.05) is 13.7 Å². The average molecular weight is 315 g/mol. The van der Waals surface area contributed by atoms with Gasteiger partial charge >= 0.3 is 11.9 Å². The van der Waals surface area contributed by atoms with Crippen molar-refractivity contribution in [3.05, 3.63) is 12.2 Å². The normalized spacial score (nSPS) is 13.5. The Hall–Kier alpha value is -2.22. The third kappa shape index (κ3) is 7.53. The van der Waals surface area contributed by atoms with Gasteiger partial charge in [-0.05, 0) is 12.8 Å². The van der Waals surface area contributed by atoms with Crippen molar-refractivity contribution in [2.24, 2.45) is 5.92 Å². The molecule has 0 heterocycles. The number of ketones is 1. The molecule has 2 N–H and O–H groups in total. The Kier molecular flexibility index (Phi) is 8.69. The van der Waals surface area contributed by atoms with E-state index >= 15 is 0 Å². The Morgan fingerprint density at radius 1 is 1.14 bits per heavy atom. The Morgan fingerprint density at radius 3 is 2.14 bits per heavy atom. The summed E-state index contributed by atoms with van der Waals surface area (Å²) in [4.78, 5) is 45.0. The zero-order valence-corrected chi connectivity index (χ0v) is 13.0. The Balaban J connectivity index is 4.37. The molecule has 0 bridgehead atoms. The summed E-state index contributed by atoms with van der Waals surface area (Å²) in [5.41, 5.74) is 0. The summed E-state index contributed by atoms with van der Waals surface area (Å²) < 4.78 is 8.87. The average Bonchev–Trinajstić information content (AvgIpc) is 2.46. The van der Waals surface area contributed by atoms with Crippen molar-refractivity contribution in [3.8, 4) is 0 Å². The zero-order chi connectivity index (χ0) is 17.3. The first-order chi connectivity index (χ1) is 10.2. The van der Waals surface area contributed by atoms with E-state index in [1.54, 1.807) is 13.8 Å². The maximum atomic E-state index is 11.7. The number of rotatable bonds is 8. The number of aliphatic hydroxyl groups is 1. The maximum Gasteiger partial charge on any atom is 0.331 e. The van der Waals surface area contributed by atoms with Gasteiger partial charge < -0.3 is 19.9 Å². The molecular weight excluding hydrogens is 294 g/mol. The maximum absolute atomic E-state index is 11.7. The largest absolute Gasteiger partial charge is 0.466 e. The van der Waals surface area contributed by atoms with Crippen LogP contribution in [0.1, 0.15) is 20.8 Å². The molecule has 0 fully saturated rings. The molecular formula is C14H21NO7. The van der Waals surface area contributed by atoms with E-state index in [2.05, 4.69) is 14.8 Å². The van der Waals surface area contributed by atoms with E-state index < -0.39 is 36.6 Å². The van der Waals surface area contributed by atoms with Gasteiger partial charge in [-0.1, -0.05) is 13.8 Å². The number of amides is 1. The van der Waals surface area contributed by atoms with Crippen LogP contribution in [0.15, 0.2) is 12.2 Å². The van der Waals surface area contributed by atoms with Gasteiger partial charge in [-0.2, -0.15) is 0 Å². The summed E-state index contributed by atoms with van der Waals surface area (Å²) in [6.07, 6.45) is 0.0403. The summed E-state index contributed by atoms with van der Waals surface area (Å²) in [5.74, 6) is -2.85. The van der Waals surface area contributed by atoms with Gasteiger partial charge in [0.2, 0.25) is 0 Å². The molecule has 0 rings (SSSR count). The number of carbonyl (C=O) groups is 4. The molecule has 0 saturated carbocycles. The van der Waals surface area contributed by atoms with E-state index in [0.29, 0.717) is 0 Å². The molecule has 0 aromatic carbocycles. The molecule has 2 atom stereocenters. The van der Waals surface area contributed by atoms with Gasteiger partial charge in [-0.15, -0.1) is 0 Å². The molecule has 0 spiro atoms. The first kappa shape index (κ1) is 19.8. The minimum absolute atomic E-state index is 0.140. The molecule has 0 aliphatic carbocycles. The highest BCUT2D eigenvalue weighted by molar-refractivity contribution is 5.92. The van der Waals surface area contributed by atoms with Gasteiger partial charge in [0.25, 0.3) is 5.91 Å². The fourth-order valence-electron chi connectivity index (χ4n) is 1.48. The number of hydrogen-bond donors (Lipinski definition) is 2. The number of hydrogen-bond acceptors (Lipinski definition) is 7. The zero-order valence-electron chi connectivity index (χ0n) is 13.0. The lowest BCUT2D eigenvalue weighted by Gasteiger charge is -2.21. The summed E-state index contributed by atoms with van der Waals surface area (Å²) in [6.45, 7) is 4.22. The van der Waals surface area contributed by atoms with Crippen LogP contribution >= 0.6 is 0 Å². The van der Waals surface area contributed by atoms with Crippen molar-refractivity contribution in [2.45, 2.75) is 32.9 Å². The predicted molar refractivity (Wildman–Crippen MR) is 75.6 cm³/mol. The Bertz CT molecular complexity index is 456. The van der Waals surface area contributed by atoms with E-state index in [1.807, 2.05) is 0 Å². The number of esters is 2. The van der Waals surface area contributed by atoms with Crippen LogP contribution in [0.2, 0.25) is 0 Å². The standard InChI is InChI=1S/C14H21NO7/c1-8(2)13(9(3)16)15-14(20)10(17)7-22-12(19)6-5-11(18)21-4/h5-6,8,10,13,17H,7H2,1-4H3,(H,15,20)/b6-5+/t10?,13-/m0/s1. The Morgan fingerprint density at radius 2 is 1.68 bits per heavy atom. The van der Waals surface area contributed by atoms with E-state index in [0.717, 1.165) is 19.3 Å². The smallest absolute Gasteiger partial charge is 0.331 e. The molecule has 0 aromatic rings. The monoisotopic (exact) mass is 315 g/mol. The number of carbonyl (C=O) groups excluding carboxylic acids is 4. The van der Waals surface area contributed by atoms with Crippen molar-refractivity contribution in [1.82, 2.24) is 5.32 Å². The molecule has 124 valence electrons. The fraction of sp³-hybridized carbons (Fsp3) is 0.571. The minimum Gasteiger partial charge on any atom is -0.466 e. The van der Waals surface area contributed by atoms with E-state index in [-0.39, 0.29) is 11.7 Å². The number of ether oxygens (including phenoxy) is 2. The van der Waals surface area contributed by atoms with Crippen LogP contribution in [0.5, 0.6) is 0 Å². The Labute approximate surface area is 128 Å². The minimum atomic E-state index is -1.61. The van der Waals surface area contributed by atoms with Crippen molar-refractivity contribution in [1.29, 1.82) is 0 Å². The van der Waals surface area contributed by atoms with Crippen LogP contribution in [0.4, 0.5) is 0 Å². The molecule has 0 aromatic heterocycles. The van der Waals surface area contributed by atoms with Gasteiger partial charge in [-0.25, -0.2) is 9.59 Å². The first-order valence-corrected chi connectivity index (χ1v) is 6.60. The lowest BCUT2D eigenvalue weighted by molar-refractivity contribution is -0.146. The van der Waals surface area contributed by atoms with Crippen molar-refractivity contribution < 1.29 is 33.8 Å². The molecule has 0 aliphatic heterocycles. The lowest BCUT2D eigenvalue weighted by atomic mass is 10.0. The summed E-state index contributed by atoms with van der Waals surface area (Å²) in [6, 6.07) is -0.725. The van der Waals surface area contributed by atoms with Crippen LogP contribution in [-0.2, 0) is 28.7 Å². The van der Waals surface area contributed by atoms with E-state index in [1.165, 1.54) is 6.92 Å². The molecule has 0 aliphatic rings. The highest BCUT2D eigenvalue weighted by Crippen LogP contribution is 2.03. The van der Waals surface area contributed by atoms with Crippen LogP contribution in [0.25, 0.3) is 0 Å². The summed E-state index contributed by atoms with van der Waals surface area (Å²) in [7, 11) is 1.15. The predicted octanol–water partition coefficient (Wildman–Crippen LogP) is -0.650. The van der Waals surface area contributed by atoms with E-state index in [9.17, 15) is 24.3 Å². The van der Waals surface area contributed by atoms with E-state index in [4.69, 9.17) is 0 Å². The van der Waals surface area contributed by atoms with Crippen molar-refractivity contribution in [3.63, 3.8) is 0 Å². The van der Waals surface area contributed by atoms with Crippen LogP contribution < -0.4 is 5.32 Å². The summed E-state index contributed by atoms with van der Waals surface area (Å²) >= 11 is 0. The van der Waals surface area contributed by atoms with Crippen LogP contribution in [0, 0.1) is 5.92 Å². The molecule has 8 nitrogen and oxygen atoms in total. The highest BCUT2D eigenvalue weighted by Gasteiger charge is 2.25. The first-order valence-electron chi connectivity index (χ1n) is 6.60. The van der Waals surface area contributed by atoms with Gasteiger partial charge in [0.1, 0.15) is 6.61 Å². The molecule has 0 radical (unpaired) electrons. The van der Waals surface area contributed by atoms with Gasteiger partial charge in [0, 0.05) is 12.2 Å². The molecule has 22 heavy (non-hydrogen) atoms. The molecule has 0 saturated heterocycles. The second kappa shape index (κ2) is 9.67. The summed E-state index contributed by atoms with van der Waals surface area (Å²) in [5, 5.41) is 12.0. The third-order valence-electron chi connectivity index (χ3n) is 2.65. The van der Waals surface area contributed by atoms with Gasteiger partial charge in [-0.3, -0.25) is 9.59 Å². The van der Waals surface area contributed by atoms with Crippen LogP contribution in [-0.4, -0.2) is 54.6 Å². The third-order valence-corrected chi connectivity index (χ3v) is 2.65. The van der Waals surface area contributed by atoms with Crippen molar-refractivity contribution >= 4 is 23.6 Å². The lowest BCUT2D eigenvalue weighted by Crippen LogP contribution is -2.48. The fourth-order valence-corrected chi connectivity index (χ4v) is 1.48. The highest BCUT2D eigenvalue weighted by atomic mass is 16.5. The number of nitrogens with one attached hydrogen (secondary N) is 1. The number of Topliss-reactive ketones (excluding diaryl/α,β-unsaturated/α-hetero) is 1. The van der Waals surface area contributed by atoms with Gasteiger partial charge in [0.15, 0.2) is 11.9 Å². The van der Waals surface area contributed by atoms with Crippen LogP contribution in [0.3, 0.4) is 0 Å². The topological polar surface area (TPSA) is 119 Å². The SMILES string of the molecule is COC(=O)/C=C/C(=O)OCC(O)C(=O)N[C@H](C(C)=O)C(C)C. The molecule has 1 amide bonds.